The molecule has 1 aromatic carbocycles. The number of terminal acetylenes is 1. The van der Waals surface area contributed by atoms with Crippen LogP contribution < -0.4 is 5.32 Å². The van der Waals surface area contributed by atoms with E-state index in [2.05, 4.69) is 23.9 Å². The lowest BCUT2D eigenvalue weighted by molar-refractivity contribution is -0.120. The summed E-state index contributed by atoms with van der Waals surface area (Å²) in [6.07, 6.45) is 7.05. The molecule has 0 bridgehead atoms. The van der Waals surface area contributed by atoms with Crippen molar-refractivity contribution in [2.75, 3.05) is 6.54 Å². The van der Waals surface area contributed by atoms with Crippen molar-refractivity contribution in [3.8, 4) is 12.3 Å². The monoisotopic (exact) mass is 233 g/mol. The van der Waals surface area contributed by atoms with E-state index in [0.717, 1.165) is 16.9 Å². The minimum atomic E-state index is 0.0314. The minimum Gasteiger partial charge on any atom is -0.356 e. The number of hydrogen-bond acceptors (Lipinski definition) is 2. The second-order valence-electron chi connectivity index (χ2n) is 3.50. The molecule has 0 heterocycles. The van der Waals surface area contributed by atoms with E-state index in [1.54, 1.807) is 0 Å². The molecule has 0 aliphatic heterocycles. The lowest BCUT2D eigenvalue weighted by Crippen LogP contribution is -2.25. The number of unbranched alkanes of at least 4 members (excludes halogenated alkanes) is 1. The Morgan fingerprint density at radius 3 is 2.69 bits per heavy atom. The molecule has 84 valence electrons. The Balaban J connectivity index is 2.29. The molecule has 0 saturated heterocycles. The van der Waals surface area contributed by atoms with E-state index < -0.39 is 0 Å². The van der Waals surface area contributed by atoms with Gasteiger partial charge in [-0.15, -0.1) is 25.0 Å². The molecule has 1 aromatic rings. The van der Waals surface area contributed by atoms with Gasteiger partial charge in [-0.05, 0) is 24.1 Å². The number of hydrogen-bond donors (Lipinski definition) is 2. The highest BCUT2D eigenvalue weighted by Gasteiger charge is 2.01. The van der Waals surface area contributed by atoms with E-state index in [0.29, 0.717) is 19.4 Å². The van der Waals surface area contributed by atoms with E-state index in [-0.39, 0.29) is 5.91 Å². The van der Waals surface area contributed by atoms with Gasteiger partial charge >= 0.3 is 0 Å². The van der Waals surface area contributed by atoms with Crippen LogP contribution in [0, 0.1) is 12.3 Å². The number of carbonyl (C=O) groups is 1. The Morgan fingerprint density at radius 1 is 1.38 bits per heavy atom. The van der Waals surface area contributed by atoms with Gasteiger partial charge in [0.25, 0.3) is 0 Å². The molecule has 3 heteroatoms. The molecular weight excluding hydrogens is 218 g/mol. The van der Waals surface area contributed by atoms with Crippen molar-refractivity contribution in [2.45, 2.75) is 24.2 Å². The maximum atomic E-state index is 11.5. The lowest BCUT2D eigenvalue weighted by atomic mass is 10.1. The fourth-order valence-corrected chi connectivity index (χ4v) is 1.43. The molecule has 0 fully saturated rings. The highest BCUT2D eigenvalue weighted by atomic mass is 32.1. The highest BCUT2D eigenvalue weighted by molar-refractivity contribution is 7.80. The average Bonchev–Trinajstić information content (AvgIpc) is 2.28. The quantitative estimate of drug-likeness (QED) is 0.455. The molecule has 1 amide bonds. The largest absolute Gasteiger partial charge is 0.356 e. The molecule has 0 unspecified atom stereocenters. The van der Waals surface area contributed by atoms with Gasteiger partial charge in [0.15, 0.2) is 0 Å². The maximum Gasteiger partial charge on any atom is 0.224 e. The summed E-state index contributed by atoms with van der Waals surface area (Å²) in [6, 6.07) is 7.57. The van der Waals surface area contributed by atoms with E-state index in [9.17, 15) is 4.79 Å². The van der Waals surface area contributed by atoms with Crippen molar-refractivity contribution >= 4 is 18.5 Å². The van der Waals surface area contributed by atoms with Crippen LogP contribution in [0.1, 0.15) is 18.4 Å². The van der Waals surface area contributed by atoms with Gasteiger partial charge in [-0.1, -0.05) is 12.1 Å². The summed E-state index contributed by atoms with van der Waals surface area (Å²) in [5.41, 5.74) is 0.993. The van der Waals surface area contributed by atoms with Crippen LogP contribution in [0.25, 0.3) is 0 Å². The van der Waals surface area contributed by atoms with Gasteiger partial charge < -0.3 is 5.32 Å². The molecule has 0 aliphatic rings. The van der Waals surface area contributed by atoms with Crippen molar-refractivity contribution in [1.82, 2.24) is 5.32 Å². The summed E-state index contributed by atoms with van der Waals surface area (Å²) >= 11 is 4.18. The van der Waals surface area contributed by atoms with Crippen molar-refractivity contribution in [3.63, 3.8) is 0 Å². The predicted molar refractivity (Wildman–Crippen MR) is 68.5 cm³/mol. The van der Waals surface area contributed by atoms with Crippen molar-refractivity contribution < 1.29 is 4.79 Å². The zero-order chi connectivity index (χ0) is 11.8. The third kappa shape index (κ3) is 4.90. The summed E-state index contributed by atoms with van der Waals surface area (Å²) in [5, 5.41) is 2.83. The summed E-state index contributed by atoms with van der Waals surface area (Å²) in [5.74, 6) is 2.57. The highest BCUT2D eigenvalue weighted by Crippen LogP contribution is 2.08. The lowest BCUT2D eigenvalue weighted by Gasteiger charge is -2.04. The number of thiol groups is 1. The van der Waals surface area contributed by atoms with Crippen LogP contribution >= 0.6 is 12.6 Å². The number of carbonyl (C=O) groups excluding carboxylic acids is 1. The zero-order valence-electron chi connectivity index (χ0n) is 9.07. The first-order valence-corrected chi connectivity index (χ1v) is 5.65. The average molecular weight is 233 g/mol. The molecule has 0 aromatic heterocycles. The molecular formula is C13H15NOS. The van der Waals surface area contributed by atoms with E-state index in [4.69, 9.17) is 6.42 Å². The van der Waals surface area contributed by atoms with Crippen LogP contribution in [0.3, 0.4) is 0 Å². The number of benzene rings is 1. The number of rotatable bonds is 5. The van der Waals surface area contributed by atoms with Crippen LogP contribution in [-0.2, 0) is 11.2 Å². The van der Waals surface area contributed by atoms with Gasteiger partial charge in [-0.25, -0.2) is 0 Å². The van der Waals surface area contributed by atoms with Crippen molar-refractivity contribution in [2.24, 2.45) is 0 Å². The Kier molecular flexibility index (Phi) is 5.52. The third-order valence-electron chi connectivity index (χ3n) is 2.12. The molecule has 0 atom stereocenters. The topological polar surface area (TPSA) is 29.1 Å². The van der Waals surface area contributed by atoms with E-state index in [1.165, 1.54) is 0 Å². The van der Waals surface area contributed by atoms with Crippen LogP contribution in [0.15, 0.2) is 29.2 Å². The first kappa shape index (κ1) is 12.7. The van der Waals surface area contributed by atoms with Crippen LogP contribution in [-0.4, -0.2) is 12.5 Å². The third-order valence-corrected chi connectivity index (χ3v) is 2.42. The molecule has 2 nitrogen and oxygen atoms in total. The molecule has 0 aliphatic carbocycles. The number of nitrogens with one attached hydrogen (secondary N) is 1. The first-order chi connectivity index (χ1) is 7.72. The van der Waals surface area contributed by atoms with E-state index in [1.807, 2.05) is 24.3 Å². The minimum absolute atomic E-state index is 0.0314. The zero-order valence-corrected chi connectivity index (χ0v) is 9.97. The van der Waals surface area contributed by atoms with Crippen LogP contribution in [0.5, 0.6) is 0 Å². The smallest absolute Gasteiger partial charge is 0.224 e. The fourth-order valence-electron chi connectivity index (χ4n) is 1.28. The summed E-state index contributed by atoms with van der Waals surface area (Å²) < 4.78 is 0. The molecule has 1 N–H and O–H groups in total. The van der Waals surface area contributed by atoms with Gasteiger partial charge in [0.05, 0.1) is 6.42 Å². The maximum absolute atomic E-state index is 11.5. The summed E-state index contributed by atoms with van der Waals surface area (Å²) in [7, 11) is 0. The molecule has 0 saturated carbocycles. The van der Waals surface area contributed by atoms with Gasteiger partial charge in [0, 0.05) is 17.9 Å². The molecule has 1 rings (SSSR count). The Hall–Kier alpha value is -1.40. The second-order valence-corrected chi connectivity index (χ2v) is 4.02. The number of amides is 1. The van der Waals surface area contributed by atoms with Gasteiger partial charge in [0.1, 0.15) is 0 Å². The summed E-state index contributed by atoms with van der Waals surface area (Å²) in [4.78, 5) is 12.4. The van der Waals surface area contributed by atoms with Gasteiger partial charge in [0.2, 0.25) is 5.91 Å². The molecule has 0 spiro atoms. The van der Waals surface area contributed by atoms with Crippen LogP contribution in [0.2, 0.25) is 0 Å². The van der Waals surface area contributed by atoms with Crippen molar-refractivity contribution in [3.05, 3.63) is 29.8 Å². The van der Waals surface area contributed by atoms with Crippen molar-refractivity contribution in [1.29, 1.82) is 0 Å². The molecule has 0 radical (unpaired) electrons. The fraction of sp³-hybridized carbons (Fsp3) is 0.308. The SMILES string of the molecule is C#CCCCNC(=O)Cc1ccc(S)cc1. The van der Waals surface area contributed by atoms with Gasteiger partial charge in [-0.3, -0.25) is 4.79 Å². The Morgan fingerprint density at radius 2 is 2.06 bits per heavy atom. The normalized spacial score (nSPS) is 9.50. The first-order valence-electron chi connectivity index (χ1n) is 5.20. The van der Waals surface area contributed by atoms with E-state index >= 15 is 0 Å². The van der Waals surface area contributed by atoms with Crippen LogP contribution in [0.4, 0.5) is 0 Å². The standard InChI is InChI=1S/C13H15NOS/c1-2-3-4-9-14-13(15)10-11-5-7-12(16)8-6-11/h1,5-8,16H,3-4,9-10H2,(H,14,15). The Labute approximate surface area is 102 Å². The van der Waals surface area contributed by atoms with Gasteiger partial charge in [-0.2, -0.15) is 0 Å². The molecule has 16 heavy (non-hydrogen) atoms. The predicted octanol–water partition coefficient (Wildman–Crippen LogP) is 2.05. The second kappa shape index (κ2) is 6.97. The Bertz CT molecular complexity index is 378. The summed E-state index contributed by atoms with van der Waals surface area (Å²) in [6.45, 7) is 0.647.